The molecule has 2 rings (SSSR count). The van der Waals surface area contributed by atoms with Crippen LogP contribution in [0.3, 0.4) is 0 Å². The van der Waals surface area contributed by atoms with Gasteiger partial charge in [-0.15, -0.1) is 0 Å². The third-order valence-electron chi connectivity index (χ3n) is 3.68. The van der Waals surface area contributed by atoms with E-state index in [-0.39, 0.29) is 23.8 Å². The van der Waals surface area contributed by atoms with Crippen molar-refractivity contribution >= 4 is 17.4 Å². The predicted molar refractivity (Wildman–Crippen MR) is 80.3 cm³/mol. The van der Waals surface area contributed by atoms with Gasteiger partial charge in [-0.1, -0.05) is 24.2 Å². The largest absolute Gasteiger partial charge is 0.409 e. The summed E-state index contributed by atoms with van der Waals surface area (Å²) in [6.45, 7) is 2.67. The molecule has 1 heterocycles. The minimum atomic E-state index is -0.0770. The number of ether oxygens (including phenoxy) is 1. The summed E-state index contributed by atoms with van der Waals surface area (Å²) >= 11 is 0. The van der Waals surface area contributed by atoms with Gasteiger partial charge in [0.25, 0.3) is 0 Å². The van der Waals surface area contributed by atoms with Crippen LogP contribution in [0, 0.1) is 5.92 Å². The maximum Gasteiger partial charge on any atom is 0.230 e. The van der Waals surface area contributed by atoms with E-state index in [1.54, 1.807) is 0 Å². The van der Waals surface area contributed by atoms with Crippen LogP contribution in [0.25, 0.3) is 0 Å². The monoisotopic (exact) mass is 291 g/mol. The number of hydrogen-bond donors (Lipinski definition) is 3. The highest BCUT2D eigenvalue weighted by Gasteiger charge is 2.32. The number of hydrogen-bond acceptors (Lipinski definition) is 4. The molecule has 1 fully saturated rings. The van der Waals surface area contributed by atoms with Crippen molar-refractivity contribution in [3.63, 3.8) is 0 Å². The molecule has 1 aromatic rings. The lowest BCUT2D eigenvalue weighted by Crippen LogP contribution is -2.29. The normalized spacial score (nSPS) is 22.2. The second-order valence-corrected chi connectivity index (χ2v) is 5.17. The van der Waals surface area contributed by atoms with E-state index in [1.807, 2.05) is 31.2 Å². The molecule has 6 heteroatoms. The summed E-state index contributed by atoms with van der Waals surface area (Å²) in [4.78, 5) is 12.2. The maximum atomic E-state index is 12.2. The molecule has 1 aromatic carbocycles. The first-order valence-electron chi connectivity index (χ1n) is 7.11. The van der Waals surface area contributed by atoms with E-state index < -0.39 is 0 Å². The number of nitrogens with two attached hydrogens (primary N) is 1. The van der Waals surface area contributed by atoms with Gasteiger partial charge in [0.2, 0.25) is 5.91 Å². The van der Waals surface area contributed by atoms with Crippen LogP contribution in [0.2, 0.25) is 0 Å². The Kier molecular flexibility index (Phi) is 5.16. The van der Waals surface area contributed by atoms with Crippen LogP contribution in [0.1, 0.15) is 25.3 Å². The van der Waals surface area contributed by atoms with Crippen molar-refractivity contribution in [3.8, 4) is 0 Å². The second kappa shape index (κ2) is 7.08. The maximum absolute atomic E-state index is 12.2. The van der Waals surface area contributed by atoms with Crippen molar-refractivity contribution in [2.24, 2.45) is 16.8 Å². The molecule has 1 amide bonds. The van der Waals surface area contributed by atoms with Crippen molar-refractivity contribution in [1.29, 1.82) is 0 Å². The fourth-order valence-corrected chi connectivity index (χ4v) is 2.54. The number of oxime groups is 1. The molecule has 0 radical (unpaired) electrons. The van der Waals surface area contributed by atoms with Crippen molar-refractivity contribution in [3.05, 3.63) is 29.8 Å². The van der Waals surface area contributed by atoms with Gasteiger partial charge in [0, 0.05) is 18.7 Å². The molecular formula is C15H21N3O3. The molecule has 1 aliphatic heterocycles. The number of amides is 1. The van der Waals surface area contributed by atoms with Crippen molar-refractivity contribution in [2.75, 3.05) is 11.9 Å². The van der Waals surface area contributed by atoms with Gasteiger partial charge in [0.1, 0.15) is 5.84 Å². The fourth-order valence-electron chi connectivity index (χ4n) is 2.54. The summed E-state index contributed by atoms with van der Waals surface area (Å²) in [5, 5.41) is 14.4. The van der Waals surface area contributed by atoms with Gasteiger partial charge >= 0.3 is 0 Å². The van der Waals surface area contributed by atoms with Gasteiger partial charge in [-0.2, -0.15) is 0 Å². The zero-order valence-electron chi connectivity index (χ0n) is 12.1. The molecule has 4 N–H and O–H groups in total. The van der Waals surface area contributed by atoms with E-state index in [4.69, 9.17) is 15.7 Å². The molecule has 1 aliphatic rings. The van der Waals surface area contributed by atoms with Crippen LogP contribution in [-0.4, -0.2) is 29.7 Å². The van der Waals surface area contributed by atoms with Crippen LogP contribution in [-0.2, 0) is 16.0 Å². The molecule has 2 atom stereocenters. The van der Waals surface area contributed by atoms with Crippen molar-refractivity contribution < 1.29 is 14.7 Å². The molecule has 6 nitrogen and oxygen atoms in total. The van der Waals surface area contributed by atoms with E-state index >= 15 is 0 Å². The standard InChI is InChI=1S/C15H21N3O3/c1-2-13-12(7-8-21-13)15(19)17-11-5-3-10(4-6-11)9-14(16)18-20/h3-6,12-13,20H,2,7-9H2,1H3,(H2,16,18)(H,17,19). The first-order valence-corrected chi connectivity index (χ1v) is 7.11. The van der Waals surface area contributed by atoms with Gasteiger partial charge in [0.15, 0.2) is 0 Å². The molecule has 2 unspecified atom stereocenters. The van der Waals surface area contributed by atoms with Gasteiger partial charge < -0.3 is 21.0 Å². The van der Waals surface area contributed by atoms with Crippen molar-refractivity contribution in [1.82, 2.24) is 0 Å². The molecule has 0 aliphatic carbocycles. The Morgan fingerprint density at radius 2 is 2.19 bits per heavy atom. The Labute approximate surface area is 124 Å². The van der Waals surface area contributed by atoms with E-state index in [0.29, 0.717) is 13.0 Å². The Bertz CT molecular complexity index is 513. The highest BCUT2D eigenvalue weighted by Crippen LogP contribution is 2.25. The average molecular weight is 291 g/mol. The summed E-state index contributed by atoms with van der Waals surface area (Å²) in [7, 11) is 0. The highest BCUT2D eigenvalue weighted by atomic mass is 16.5. The summed E-state index contributed by atoms with van der Waals surface area (Å²) < 4.78 is 5.54. The van der Waals surface area contributed by atoms with E-state index in [1.165, 1.54) is 0 Å². The zero-order chi connectivity index (χ0) is 15.2. The number of carbonyl (C=O) groups excluding carboxylic acids is 1. The number of anilines is 1. The molecule has 21 heavy (non-hydrogen) atoms. The molecule has 0 aromatic heterocycles. The average Bonchev–Trinajstić information content (AvgIpc) is 2.97. The summed E-state index contributed by atoms with van der Waals surface area (Å²) in [5.41, 5.74) is 7.11. The first kappa shape index (κ1) is 15.3. The molecule has 0 saturated carbocycles. The molecule has 0 bridgehead atoms. The quantitative estimate of drug-likeness (QED) is 0.333. The minimum Gasteiger partial charge on any atom is -0.409 e. The zero-order valence-corrected chi connectivity index (χ0v) is 12.1. The Balaban J connectivity index is 1.95. The number of carbonyl (C=O) groups is 1. The summed E-state index contributed by atoms with van der Waals surface area (Å²) in [6.07, 6.45) is 2.01. The van der Waals surface area contributed by atoms with E-state index in [0.717, 1.165) is 24.1 Å². The lowest BCUT2D eigenvalue weighted by Gasteiger charge is -2.16. The third kappa shape index (κ3) is 3.95. The van der Waals surface area contributed by atoms with Gasteiger partial charge in [0.05, 0.1) is 12.0 Å². The van der Waals surface area contributed by atoms with Crippen LogP contribution in [0.15, 0.2) is 29.4 Å². The van der Waals surface area contributed by atoms with Crippen LogP contribution >= 0.6 is 0 Å². The topological polar surface area (TPSA) is 96.9 Å². The lowest BCUT2D eigenvalue weighted by atomic mass is 9.98. The summed E-state index contributed by atoms with van der Waals surface area (Å²) in [6, 6.07) is 7.31. The number of nitrogens with zero attached hydrogens (tertiary/aromatic N) is 1. The minimum absolute atomic E-state index is 0.00327. The van der Waals surface area contributed by atoms with Crippen LogP contribution in [0.5, 0.6) is 0 Å². The van der Waals surface area contributed by atoms with Crippen LogP contribution < -0.4 is 11.1 Å². The third-order valence-corrected chi connectivity index (χ3v) is 3.68. The molecule has 1 saturated heterocycles. The Morgan fingerprint density at radius 1 is 1.48 bits per heavy atom. The van der Waals surface area contributed by atoms with Crippen molar-refractivity contribution in [2.45, 2.75) is 32.3 Å². The SMILES string of the molecule is CCC1OCCC1C(=O)Nc1ccc(C/C(N)=N/O)cc1. The molecule has 114 valence electrons. The highest BCUT2D eigenvalue weighted by molar-refractivity contribution is 5.93. The Hall–Kier alpha value is -2.08. The molecular weight excluding hydrogens is 270 g/mol. The smallest absolute Gasteiger partial charge is 0.230 e. The number of nitrogens with one attached hydrogen (secondary N) is 1. The second-order valence-electron chi connectivity index (χ2n) is 5.17. The number of amidine groups is 1. The van der Waals surface area contributed by atoms with Gasteiger partial charge in [-0.05, 0) is 30.5 Å². The first-order chi connectivity index (χ1) is 10.1. The summed E-state index contributed by atoms with van der Waals surface area (Å²) in [5.74, 6) is 0.0797. The predicted octanol–water partition coefficient (Wildman–Crippen LogP) is 1.73. The van der Waals surface area contributed by atoms with Gasteiger partial charge in [-0.3, -0.25) is 4.79 Å². The number of benzene rings is 1. The van der Waals surface area contributed by atoms with E-state index in [9.17, 15) is 4.79 Å². The molecule has 0 spiro atoms. The van der Waals surface area contributed by atoms with Crippen LogP contribution in [0.4, 0.5) is 5.69 Å². The fraction of sp³-hybridized carbons (Fsp3) is 0.467. The number of rotatable bonds is 5. The van der Waals surface area contributed by atoms with Gasteiger partial charge in [-0.25, -0.2) is 0 Å². The van der Waals surface area contributed by atoms with E-state index in [2.05, 4.69) is 10.5 Å². The lowest BCUT2D eigenvalue weighted by molar-refractivity contribution is -0.121. The Morgan fingerprint density at radius 3 is 2.81 bits per heavy atom.